The van der Waals surface area contributed by atoms with Gasteiger partial charge in [0.05, 0.1) is 17.2 Å². The van der Waals surface area contributed by atoms with Crippen LogP contribution in [0.15, 0.2) is 71.4 Å². The smallest absolute Gasteiger partial charge is 0.226 e. The van der Waals surface area contributed by atoms with Crippen molar-refractivity contribution < 1.29 is 14.3 Å². The van der Waals surface area contributed by atoms with E-state index >= 15 is 0 Å². The Balaban J connectivity index is 1.61. The quantitative estimate of drug-likeness (QED) is 0.453. The number of ether oxygens (including phenoxy) is 1. The predicted molar refractivity (Wildman–Crippen MR) is 115 cm³/mol. The van der Waals surface area contributed by atoms with Crippen LogP contribution in [0.4, 0.5) is 0 Å². The van der Waals surface area contributed by atoms with Crippen LogP contribution in [-0.2, 0) is 12.2 Å². The van der Waals surface area contributed by atoms with Crippen LogP contribution in [0.2, 0.25) is 0 Å². The van der Waals surface area contributed by atoms with Crippen LogP contribution in [0.1, 0.15) is 23.9 Å². The van der Waals surface area contributed by atoms with Gasteiger partial charge in [-0.3, -0.25) is 0 Å². The number of nitrogens with zero attached hydrogens (tertiary/aromatic N) is 1. The van der Waals surface area contributed by atoms with Crippen molar-refractivity contribution in [2.75, 3.05) is 5.75 Å². The lowest BCUT2D eigenvalue weighted by molar-refractivity contribution is 0.220. The maximum absolute atomic E-state index is 9.19. The number of rotatable bonds is 9. The van der Waals surface area contributed by atoms with E-state index < -0.39 is 0 Å². The summed E-state index contributed by atoms with van der Waals surface area (Å²) >= 11 is 1.62. The summed E-state index contributed by atoms with van der Waals surface area (Å²) in [5.74, 6) is 3.83. The Hall–Kier alpha value is -2.66. The molecule has 1 atom stereocenters. The van der Waals surface area contributed by atoms with Crippen molar-refractivity contribution in [2.45, 2.75) is 32.1 Å². The summed E-state index contributed by atoms with van der Waals surface area (Å²) in [6.07, 6.45) is 0.637. The zero-order valence-corrected chi connectivity index (χ0v) is 17.0. The van der Waals surface area contributed by atoms with Gasteiger partial charge in [0.1, 0.15) is 17.6 Å². The summed E-state index contributed by atoms with van der Waals surface area (Å²) in [6, 6.07) is 17.9. The topological polar surface area (TPSA) is 55.5 Å². The average Bonchev–Trinajstić information content (AvgIpc) is 3.03. The van der Waals surface area contributed by atoms with Crippen molar-refractivity contribution in [3.63, 3.8) is 0 Å². The second-order valence-electron chi connectivity index (χ2n) is 6.73. The van der Waals surface area contributed by atoms with Gasteiger partial charge in [-0.2, -0.15) is 0 Å². The summed E-state index contributed by atoms with van der Waals surface area (Å²) in [7, 11) is 0. The van der Waals surface area contributed by atoms with Gasteiger partial charge in [0.25, 0.3) is 0 Å². The van der Waals surface area contributed by atoms with Gasteiger partial charge in [-0.15, -0.1) is 11.8 Å². The van der Waals surface area contributed by atoms with Crippen LogP contribution in [0, 0.1) is 6.92 Å². The number of hydrogen-bond donors (Lipinski definition) is 1. The average molecular weight is 396 g/mol. The first-order valence-electron chi connectivity index (χ1n) is 9.23. The van der Waals surface area contributed by atoms with Gasteiger partial charge in [0.2, 0.25) is 5.89 Å². The van der Waals surface area contributed by atoms with Gasteiger partial charge in [-0.05, 0) is 43.7 Å². The van der Waals surface area contributed by atoms with E-state index in [1.54, 1.807) is 11.8 Å². The highest BCUT2D eigenvalue weighted by Gasteiger charge is 2.15. The monoisotopic (exact) mass is 395 g/mol. The zero-order chi connectivity index (χ0) is 19.9. The van der Waals surface area contributed by atoms with Gasteiger partial charge >= 0.3 is 0 Å². The molecule has 0 aliphatic heterocycles. The molecule has 1 unspecified atom stereocenters. The highest BCUT2D eigenvalue weighted by atomic mass is 32.2. The third kappa shape index (κ3) is 5.67. The molecule has 2 aromatic carbocycles. The molecule has 0 saturated heterocycles. The van der Waals surface area contributed by atoms with Crippen molar-refractivity contribution in [1.82, 2.24) is 4.98 Å². The maximum Gasteiger partial charge on any atom is 0.226 e. The van der Waals surface area contributed by atoms with E-state index in [1.807, 2.05) is 62.4 Å². The first-order valence-corrected chi connectivity index (χ1v) is 10.4. The predicted octanol–water partition coefficient (Wildman–Crippen LogP) is 5.96. The van der Waals surface area contributed by atoms with Crippen LogP contribution < -0.4 is 4.74 Å². The summed E-state index contributed by atoms with van der Waals surface area (Å²) in [6.45, 7) is 7.48. The Labute approximate surface area is 170 Å². The molecule has 0 amide bonds. The SMILES string of the molecule is C=C(O)CSCc1cccc(OC(C)Cc2nc(-c3ccccc3)oc2C)c1. The molecule has 4 nitrogen and oxygen atoms in total. The minimum Gasteiger partial charge on any atom is -0.512 e. The molecule has 1 N–H and O–H groups in total. The molecule has 0 aliphatic carbocycles. The van der Waals surface area contributed by atoms with Crippen LogP contribution in [0.5, 0.6) is 5.75 Å². The second kappa shape index (κ2) is 9.51. The largest absolute Gasteiger partial charge is 0.512 e. The lowest BCUT2D eigenvalue weighted by Crippen LogP contribution is -2.16. The fraction of sp³-hybridized carbons (Fsp3) is 0.261. The number of aryl methyl sites for hydroxylation is 1. The van der Waals surface area contributed by atoms with Crippen molar-refractivity contribution >= 4 is 11.8 Å². The molecule has 1 aromatic heterocycles. The Morgan fingerprint density at radius 3 is 2.75 bits per heavy atom. The van der Waals surface area contributed by atoms with Gasteiger partial charge < -0.3 is 14.3 Å². The van der Waals surface area contributed by atoms with Crippen LogP contribution >= 0.6 is 11.8 Å². The summed E-state index contributed by atoms with van der Waals surface area (Å²) in [5.41, 5.74) is 3.04. The first kappa shape index (κ1) is 20.1. The second-order valence-corrected chi connectivity index (χ2v) is 7.71. The van der Waals surface area contributed by atoms with Gasteiger partial charge in [0.15, 0.2) is 0 Å². The molecule has 0 fully saturated rings. The Bertz CT molecular complexity index is 921. The number of aliphatic hydroxyl groups excluding tert-OH is 1. The highest BCUT2D eigenvalue weighted by Crippen LogP contribution is 2.24. The van der Waals surface area contributed by atoms with Crippen LogP contribution in [0.25, 0.3) is 11.5 Å². The van der Waals surface area contributed by atoms with Gasteiger partial charge in [-0.1, -0.05) is 36.9 Å². The third-order valence-electron chi connectivity index (χ3n) is 4.17. The van der Waals surface area contributed by atoms with Gasteiger partial charge in [-0.25, -0.2) is 4.98 Å². The lowest BCUT2D eigenvalue weighted by Gasteiger charge is -2.14. The fourth-order valence-corrected chi connectivity index (χ4v) is 3.62. The normalized spacial score (nSPS) is 11.9. The third-order valence-corrected chi connectivity index (χ3v) is 5.24. The van der Waals surface area contributed by atoms with E-state index in [-0.39, 0.29) is 11.9 Å². The molecule has 146 valence electrons. The first-order chi connectivity index (χ1) is 13.5. The van der Waals surface area contributed by atoms with E-state index in [9.17, 15) is 5.11 Å². The molecule has 0 radical (unpaired) electrons. The van der Waals surface area contributed by atoms with Crippen molar-refractivity contribution in [2.24, 2.45) is 0 Å². The maximum atomic E-state index is 9.19. The standard InChI is InChI=1S/C23H25NO3S/c1-16(25)14-28-15-19-8-7-11-21(13-19)26-17(2)12-22-18(3)27-23(24-22)20-9-5-4-6-10-20/h4-11,13,17,25H,1,12,14-15H2,2-3H3. The van der Waals surface area contributed by atoms with Gasteiger partial charge in [0, 0.05) is 17.7 Å². The Morgan fingerprint density at radius 1 is 1.21 bits per heavy atom. The number of aliphatic hydroxyl groups is 1. The molecular weight excluding hydrogens is 370 g/mol. The molecule has 1 heterocycles. The molecule has 0 spiro atoms. The van der Waals surface area contributed by atoms with Crippen molar-refractivity contribution in [3.8, 4) is 17.2 Å². The van der Waals surface area contributed by atoms with E-state index in [1.165, 1.54) is 0 Å². The van der Waals surface area contributed by atoms with Crippen molar-refractivity contribution in [1.29, 1.82) is 0 Å². The highest BCUT2D eigenvalue weighted by molar-refractivity contribution is 7.98. The number of aromatic nitrogens is 1. The minimum atomic E-state index is -0.0347. The van der Waals surface area contributed by atoms with Crippen LogP contribution in [-0.4, -0.2) is 21.9 Å². The number of oxazole rings is 1. The number of thioether (sulfide) groups is 1. The zero-order valence-electron chi connectivity index (χ0n) is 16.2. The summed E-state index contributed by atoms with van der Waals surface area (Å²) < 4.78 is 11.9. The molecular formula is C23H25NO3S. The minimum absolute atomic E-state index is 0.0347. The Morgan fingerprint density at radius 2 is 2.00 bits per heavy atom. The molecule has 28 heavy (non-hydrogen) atoms. The molecule has 5 heteroatoms. The molecule has 0 aliphatic rings. The van der Waals surface area contributed by atoms with E-state index in [2.05, 4.69) is 17.6 Å². The van der Waals surface area contributed by atoms with Crippen LogP contribution in [0.3, 0.4) is 0 Å². The van der Waals surface area contributed by atoms with E-state index in [4.69, 9.17) is 9.15 Å². The van der Waals surface area contributed by atoms with E-state index in [0.717, 1.165) is 34.1 Å². The number of benzene rings is 2. The van der Waals surface area contributed by atoms with Crippen molar-refractivity contribution in [3.05, 3.63) is 84.0 Å². The fourth-order valence-electron chi connectivity index (χ4n) is 2.86. The van der Waals surface area contributed by atoms with E-state index in [0.29, 0.717) is 18.1 Å². The molecule has 3 rings (SSSR count). The Kier molecular flexibility index (Phi) is 6.82. The summed E-state index contributed by atoms with van der Waals surface area (Å²) in [4.78, 5) is 4.65. The molecule has 0 saturated carbocycles. The molecule has 3 aromatic rings. The summed E-state index contributed by atoms with van der Waals surface area (Å²) in [5, 5.41) is 9.19. The molecule has 0 bridgehead atoms. The number of hydrogen-bond acceptors (Lipinski definition) is 5. The lowest BCUT2D eigenvalue weighted by atomic mass is 10.2.